The van der Waals surface area contributed by atoms with E-state index in [4.69, 9.17) is 16.3 Å². The minimum absolute atomic E-state index is 0.155. The van der Waals surface area contributed by atoms with Crippen LogP contribution in [0.2, 0.25) is 5.02 Å². The minimum atomic E-state index is 0.155. The first-order valence-corrected chi connectivity index (χ1v) is 6.47. The van der Waals surface area contributed by atoms with E-state index in [0.29, 0.717) is 0 Å². The Morgan fingerprint density at radius 3 is 2.43 bits per heavy atom. The molecule has 0 aromatic heterocycles. The van der Waals surface area contributed by atoms with Gasteiger partial charge in [0.1, 0.15) is 0 Å². The summed E-state index contributed by atoms with van der Waals surface area (Å²) in [7, 11) is 0.155. The Balaban J connectivity index is 2.11. The van der Waals surface area contributed by atoms with Gasteiger partial charge >= 0.3 is 0 Å². The highest BCUT2D eigenvalue weighted by Crippen LogP contribution is 2.18. The average molecular weight is 230 g/mol. The molecule has 2 rings (SSSR count). The Hall–Kier alpha value is -0.380. The molecule has 2 nitrogen and oxygen atoms in total. The Morgan fingerprint density at radius 2 is 1.79 bits per heavy atom. The summed E-state index contributed by atoms with van der Waals surface area (Å²) >= 11 is 5.80. The molecule has 4 heteroatoms. The van der Waals surface area contributed by atoms with Crippen molar-refractivity contribution in [2.24, 2.45) is 4.36 Å². The fourth-order valence-corrected chi connectivity index (χ4v) is 2.81. The van der Waals surface area contributed by atoms with Crippen molar-refractivity contribution in [3.63, 3.8) is 0 Å². The Labute approximate surface area is 91.3 Å². The molecule has 1 aromatic carbocycles. The van der Waals surface area contributed by atoms with Gasteiger partial charge in [-0.3, -0.25) is 0 Å². The van der Waals surface area contributed by atoms with Gasteiger partial charge in [-0.15, -0.1) is 0 Å². The zero-order valence-corrected chi connectivity index (χ0v) is 9.35. The van der Waals surface area contributed by atoms with E-state index in [1.54, 1.807) is 0 Å². The van der Waals surface area contributed by atoms with Crippen molar-refractivity contribution in [2.45, 2.75) is 0 Å². The van der Waals surface area contributed by atoms with E-state index in [9.17, 15) is 0 Å². The number of rotatable bonds is 1. The van der Waals surface area contributed by atoms with E-state index in [2.05, 4.69) is 4.36 Å². The summed E-state index contributed by atoms with van der Waals surface area (Å²) in [5.74, 6) is 2.12. The molecular weight excluding hydrogens is 218 g/mol. The molecule has 1 heterocycles. The predicted octanol–water partition coefficient (Wildman–Crippen LogP) is 2.80. The van der Waals surface area contributed by atoms with Gasteiger partial charge in [0.25, 0.3) is 0 Å². The molecule has 0 unspecified atom stereocenters. The molecule has 0 aliphatic carbocycles. The van der Waals surface area contributed by atoms with Crippen LogP contribution in [0, 0.1) is 0 Å². The molecule has 1 aliphatic rings. The maximum absolute atomic E-state index is 5.80. The normalized spacial score (nSPS) is 18.1. The van der Waals surface area contributed by atoms with Crippen molar-refractivity contribution in [3.8, 4) is 0 Å². The van der Waals surface area contributed by atoms with Gasteiger partial charge in [0.15, 0.2) is 0 Å². The van der Waals surface area contributed by atoms with Gasteiger partial charge < -0.3 is 4.74 Å². The predicted molar refractivity (Wildman–Crippen MR) is 61.5 cm³/mol. The van der Waals surface area contributed by atoms with Crippen LogP contribution in [0.15, 0.2) is 28.6 Å². The fraction of sp³-hybridized carbons (Fsp3) is 0.400. The van der Waals surface area contributed by atoms with Crippen molar-refractivity contribution in [2.75, 3.05) is 24.7 Å². The standard InChI is InChI=1S/C10H12ClNOS/c11-9-1-3-10(4-2-9)12-14-7-5-13-6-8-14/h1-4H,5-8H2. The van der Waals surface area contributed by atoms with Crippen LogP contribution >= 0.6 is 11.6 Å². The monoisotopic (exact) mass is 229 g/mol. The molecule has 14 heavy (non-hydrogen) atoms. The molecule has 0 atom stereocenters. The molecular formula is C10H12ClNOS. The molecule has 1 fully saturated rings. The number of halogens is 1. The van der Waals surface area contributed by atoms with Crippen molar-refractivity contribution in [1.29, 1.82) is 0 Å². The zero-order valence-electron chi connectivity index (χ0n) is 7.78. The van der Waals surface area contributed by atoms with Crippen molar-refractivity contribution >= 4 is 28.0 Å². The largest absolute Gasteiger partial charge is 0.380 e. The van der Waals surface area contributed by atoms with Crippen LogP contribution in [0.5, 0.6) is 0 Å². The summed E-state index contributed by atoms with van der Waals surface area (Å²) < 4.78 is 9.93. The van der Waals surface area contributed by atoms with Gasteiger partial charge in [-0.2, -0.15) is 0 Å². The molecule has 0 N–H and O–H groups in total. The molecule has 0 radical (unpaired) electrons. The molecule has 0 bridgehead atoms. The highest BCUT2D eigenvalue weighted by molar-refractivity contribution is 7.87. The van der Waals surface area contributed by atoms with Crippen LogP contribution < -0.4 is 0 Å². The molecule has 76 valence electrons. The SMILES string of the molecule is Clc1ccc(N=S2CCOCC2)cc1. The van der Waals surface area contributed by atoms with Gasteiger partial charge in [0.2, 0.25) is 0 Å². The lowest BCUT2D eigenvalue weighted by atomic mass is 10.3. The first-order chi connectivity index (χ1) is 6.84. The van der Waals surface area contributed by atoms with Crippen LogP contribution in [-0.2, 0) is 15.4 Å². The summed E-state index contributed by atoms with van der Waals surface area (Å²) in [6.45, 7) is 1.69. The maximum Gasteiger partial charge on any atom is 0.0704 e. The molecule has 1 aromatic rings. The van der Waals surface area contributed by atoms with Gasteiger partial charge in [-0.1, -0.05) is 22.3 Å². The van der Waals surface area contributed by atoms with E-state index in [0.717, 1.165) is 35.4 Å². The quantitative estimate of drug-likeness (QED) is 0.726. The lowest BCUT2D eigenvalue weighted by molar-refractivity contribution is 0.160. The van der Waals surface area contributed by atoms with E-state index < -0.39 is 0 Å². The second-order valence-electron chi connectivity index (χ2n) is 3.05. The van der Waals surface area contributed by atoms with Crippen LogP contribution in [0.1, 0.15) is 0 Å². The first-order valence-electron chi connectivity index (χ1n) is 4.57. The van der Waals surface area contributed by atoms with Crippen LogP contribution in [0.25, 0.3) is 0 Å². The number of hydrogen-bond acceptors (Lipinski definition) is 2. The second-order valence-corrected chi connectivity index (χ2v) is 5.41. The number of nitrogens with zero attached hydrogens (tertiary/aromatic N) is 1. The van der Waals surface area contributed by atoms with Crippen molar-refractivity contribution in [1.82, 2.24) is 0 Å². The Kier molecular flexibility index (Phi) is 3.56. The third-order valence-corrected chi connectivity index (χ3v) is 3.98. The third-order valence-electron chi connectivity index (χ3n) is 1.99. The van der Waals surface area contributed by atoms with E-state index >= 15 is 0 Å². The van der Waals surface area contributed by atoms with Gasteiger partial charge in [0, 0.05) is 16.5 Å². The lowest BCUT2D eigenvalue weighted by Gasteiger charge is -2.14. The summed E-state index contributed by atoms with van der Waals surface area (Å²) in [4.78, 5) is 0. The minimum Gasteiger partial charge on any atom is -0.380 e. The molecule has 0 saturated carbocycles. The van der Waals surface area contributed by atoms with Crippen LogP contribution in [0.4, 0.5) is 5.69 Å². The Bertz CT molecular complexity index is 328. The molecule has 1 aliphatic heterocycles. The van der Waals surface area contributed by atoms with Gasteiger partial charge in [0.05, 0.1) is 18.9 Å². The van der Waals surface area contributed by atoms with Crippen LogP contribution in [0.3, 0.4) is 0 Å². The molecule has 0 amide bonds. The summed E-state index contributed by atoms with van der Waals surface area (Å²) in [5.41, 5.74) is 1.03. The fourth-order valence-electron chi connectivity index (χ4n) is 1.26. The topological polar surface area (TPSA) is 21.6 Å². The first kappa shape index (κ1) is 10.1. The van der Waals surface area contributed by atoms with Gasteiger partial charge in [-0.05, 0) is 24.3 Å². The van der Waals surface area contributed by atoms with E-state index in [1.807, 2.05) is 24.3 Å². The van der Waals surface area contributed by atoms with Crippen LogP contribution in [-0.4, -0.2) is 24.7 Å². The third kappa shape index (κ3) is 2.80. The molecule has 0 spiro atoms. The average Bonchev–Trinajstić information content (AvgIpc) is 2.23. The summed E-state index contributed by atoms with van der Waals surface area (Å²) in [5, 5.41) is 0.763. The highest BCUT2D eigenvalue weighted by atomic mass is 35.5. The lowest BCUT2D eigenvalue weighted by Crippen LogP contribution is -2.19. The van der Waals surface area contributed by atoms with Gasteiger partial charge in [-0.25, -0.2) is 4.36 Å². The summed E-state index contributed by atoms with van der Waals surface area (Å²) in [6.07, 6.45) is 0. The smallest absolute Gasteiger partial charge is 0.0704 e. The van der Waals surface area contributed by atoms with Crippen molar-refractivity contribution in [3.05, 3.63) is 29.3 Å². The van der Waals surface area contributed by atoms with E-state index in [1.165, 1.54) is 0 Å². The number of benzene rings is 1. The van der Waals surface area contributed by atoms with E-state index in [-0.39, 0.29) is 10.7 Å². The number of hydrogen-bond donors (Lipinski definition) is 0. The highest BCUT2D eigenvalue weighted by Gasteiger charge is 2.04. The zero-order chi connectivity index (χ0) is 9.80. The second kappa shape index (κ2) is 4.91. The van der Waals surface area contributed by atoms with Crippen molar-refractivity contribution < 1.29 is 4.74 Å². The Morgan fingerprint density at radius 1 is 1.14 bits per heavy atom. The number of ether oxygens (including phenoxy) is 1. The maximum atomic E-state index is 5.80. The molecule has 1 saturated heterocycles. The summed E-state index contributed by atoms with van der Waals surface area (Å²) in [6, 6.07) is 7.68.